The van der Waals surface area contributed by atoms with E-state index in [0.29, 0.717) is 19.6 Å². The van der Waals surface area contributed by atoms with Crippen LogP contribution >= 0.6 is 11.8 Å². The average molecular weight is 422 g/mol. The first-order valence-corrected chi connectivity index (χ1v) is 10.7. The lowest BCUT2D eigenvalue weighted by molar-refractivity contribution is 0.0934. The number of para-hydroxylation sites is 1. The standard InChI is InChI=1S/C23H23N3O3S/c1-15-12-19(27)22(23(28)25-10-11-29-2)18-13-21(16-6-5-9-24-14-16)30-20-8-4-3-7-17(20)26(15)18/h3-9,12,14,21H,10-11,13H2,1-2H3,(H,25,28). The van der Waals surface area contributed by atoms with Gasteiger partial charge in [-0.2, -0.15) is 0 Å². The first-order valence-electron chi connectivity index (χ1n) is 9.78. The van der Waals surface area contributed by atoms with Crippen LogP contribution in [0.15, 0.2) is 64.5 Å². The Bertz CT molecular complexity index is 1130. The molecular formula is C23H23N3O3S. The topological polar surface area (TPSA) is 73.2 Å². The fraction of sp³-hybridized carbons (Fsp3) is 0.261. The van der Waals surface area contributed by atoms with Crippen LogP contribution in [0.4, 0.5) is 0 Å². The van der Waals surface area contributed by atoms with Crippen LogP contribution in [0.25, 0.3) is 5.69 Å². The number of nitrogens with zero attached hydrogens (tertiary/aromatic N) is 2. The van der Waals surface area contributed by atoms with Gasteiger partial charge in [0.25, 0.3) is 5.91 Å². The van der Waals surface area contributed by atoms with Crippen molar-refractivity contribution in [1.29, 1.82) is 0 Å². The van der Waals surface area contributed by atoms with Crippen LogP contribution < -0.4 is 10.7 Å². The summed E-state index contributed by atoms with van der Waals surface area (Å²) < 4.78 is 7.07. The van der Waals surface area contributed by atoms with Gasteiger partial charge in [-0.15, -0.1) is 11.8 Å². The number of amides is 1. The van der Waals surface area contributed by atoms with Gasteiger partial charge in [-0.1, -0.05) is 18.2 Å². The number of rotatable bonds is 5. The monoisotopic (exact) mass is 421 g/mol. The van der Waals surface area contributed by atoms with Crippen LogP contribution in [-0.2, 0) is 11.2 Å². The quantitative estimate of drug-likeness (QED) is 0.640. The van der Waals surface area contributed by atoms with Gasteiger partial charge in [0.05, 0.1) is 12.3 Å². The summed E-state index contributed by atoms with van der Waals surface area (Å²) in [5, 5.41) is 2.84. The highest BCUT2D eigenvalue weighted by Crippen LogP contribution is 2.44. The molecule has 1 aliphatic rings. The maximum absolute atomic E-state index is 13.0. The number of pyridine rings is 2. The van der Waals surface area contributed by atoms with Gasteiger partial charge in [-0.05, 0) is 30.7 Å². The lowest BCUT2D eigenvalue weighted by Crippen LogP contribution is -2.34. The first kappa shape index (κ1) is 20.4. The summed E-state index contributed by atoms with van der Waals surface area (Å²) in [4.78, 5) is 31.3. The molecule has 1 N–H and O–H groups in total. The van der Waals surface area contributed by atoms with Crippen LogP contribution in [0.5, 0.6) is 0 Å². The maximum Gasteiger partial charge on any atom is 0.257 e. The molecule has 1 aliphatic heterocycles. The fourth-order valence-electron chi connectivity index (χ4n) is 3.78. The molecule has 0 spiro atoms. The highest BCUT2D eigenvalue weighted by Gasteiger charge is 2.29. The Morgan fingerprint density at radius 2 is 2.13 bits per heavy atom. The van der Waals surface area contributed by atoms with Crippen LogP contribution in [0.2, 0.25) is 0 Å². The van der Waals surface area contributed by atoms with E-state index in [2.05, 4.69) is 16.4 Å². The smallest absolute Gasteiger partial charge is 0.257 e. The summed E-state index contributed by atoms with van der Waals surface area (Å²) in [6.45, 7) is 2.64. The SMILES string of the molecule is COCCNC(=O)c1c2n(c(C)cc1=O)-c1ccccc1SC(c1cccnc1)C2. The highest BCUT2D eigenvalue weighted by molar-refractivity contribution is 7.99. The Hall–Kier alpha value is -2.90. The third-order valence-electron chi connectivity index (χ3n) is 5.13. The van der Waals surface area contributed by atoms with E-state index in [1.54, 1.807) is 31.1 Å². The Kier molecular flexibility index (Phi) is 6.01. The summed E-state index contributed by atoms with van der Waals surface area (Å²) in [7, 11) is 1.57. The second-order valence-electron chi connectivity index (χ2n) is 7.12. The number of nitrogens with one attached hydrogen (secondary N) is 1. The molecule has 1 unspecified atom stereocenters. The number of carbonyl (C=O) groups is 1. The number of fused-ring (bicyclic) bond motifs is 3. The van der Waals surface area contributed by atoms with Gasteiger partial charge in [0.15, 0.2) is 5.43 Å². The molecule has 154 valence electrons. The van der Waals surface area contributed by atoms with E-state index in [1.165, 1.54) is 0 Å². The summed E-state index contributed by atoms with van der Waals surface area (Å²) >= 11 is 1.73. The van der Waals surface area contributed by atoms with E-state index in [4.69, 9.17) is 4.74 Å². The summed E-state index contributed by atoms with van der Waals surface area (Å²) in [6, 6.07) is 13.6. The zero-order valence-electron chi connectivity index (χ0n) is 16.9. The first-order chi connectivity index (χ1) is 14.6. The molecule has 0 radical (unpaired) electrons. The second-order valence-corrected chi connectivity index (χ2v) is 8.37. The normalized spacial score (nSPS) is 15.1. The Morgan fingerprint density at radius 3 is 2.90 bits per heavy atom. The van der Waals surface area contributed by atoms with Crippen molar-refractivity contribution in [1.82, 2.24) is 14.9 Å². The van der Waals surface area contributed by atoms with Crippen molar-refractivity contribution >= 4 is 17.7 Å². The van der Waals surface area contributed by atoms with Crippen molar-refractivity contribution in [3.63, 3.8) is 0 Å². The molecular weight excluding hydrogens is 398 g/mol. The van der Waals surface area contributed by atoms with Crippen molar-refractivity contribution in [2.24, 2.45) is 0 Å². The van der Waals surface area contributed by atoms with Gasteiger partial charge in [-0.3, -0.25) is 14.6 Å². The van der Waals surface area contributed by atoms with E-state index in [-0.39, 0.29) is 22.1 Å². The summed E-state index contributed by atoms with van der Waals surface area (Å²) in [6.07, 6.45) is 4.13. The van der Waals surface area contributed by atoms with Crippen LogP contribution in [0, 0.1) is 6.92 Å². The maximum atomic E-state index is 13.0. The molecule has 0 saturated carbocycles. The predicted molar refractivity (Wildman–Crippen MR) is 118 cm³/mol. The summed E-state index contributed by atoms with van der Waals surface area (Å²) in [5.41, 5.74) is 3.51. The largest absolute Gasteiger partial charge is 0.383 e. The minimum atomic E-state index is -0.366. The van der Waals surface area contributed by atoms with Gasteiger partial charge in [0.2, 0.25) is 0 Å². The van der Waals surface area contributed by atoms with E-state index >= 15 is 0 Å². The Morgan fingerprint density at radius 1 is 1.30 bits per heavy atom. The van der Waals surface area contributed by atoms with Crippen molar-refractivity contribution in [2.45, 2.75) is 23.5 Å². The van der Waals surface area contributed by atoms with E-state index in [9.17, 15) is 9.59 Å². The second kappa shape index (κ2) is 8.85. The molecule has 0 aliphatic carbocycles. The third-order valence-corrected chi connectivity index (χ3v) is 6.45. The third kappa shape index (κ3) is 3.91. The summed E-state index contributed by atoms with van der Waals surface area (Å²) in [5.74, 6) is -0.366. The molecule has 0 bridgehead atoms. The Labute approximate surface area is 179 Å². The highest BCUT2D eigenvalue weighted by atomic mass is 32.2. The van der Waals surface area contributed by atoms with Crippen LogP contribution in [0.1, 0.15) is 32.6 Å². The number of thioether (sulfide) groups is 1. The predicted octanol–water partition coefficient (Wildman–Crippen LogP) is 3.31. The molecule has 1 aromatic carbocycles. The zero-order chi connectivity index (χ0) is 21.1. The number of aromatic nitrogens is 2. The van der Waals surface area contributed by atoms with E-state index < -0.39 is 0 Å². The minimum absolute atomic E-state index is 0.0281. The number of ether oxygens (including phenoxy) is 1. The minimum Gasteiger partial charge on any atom is -0.383 e. The van der Waals surface area contributed by atoms with Crippen LogP contribution in [-0.4, -0.2) is 35.7 Å². The van der Waals surface area contributed by atoms with Crippen molar-refractivity contribution in [3.05, 3.63) is 87.6 Å². The van der Waals surface area contributed by atoms with Gasteiger partial charge >= 0.3 is 0 Å². The number of aryl methyl sites for hydroxylation is 1. The molecule has 7 heteroatoms. The number of carbonyl (C=O) groups excluding carboxylic acids is 1. The number of benzene rings is 1. The van der Waals surface area contributed by atoms with Gasteiger partial charge in [0, 0.05) is 60.1 Å². The van der Waals surface area contributed by atoms with Gasteiger partial charge in [-0.25, -0.2) is 0 Å². The molecule has 3 aromatic rings. The van der Waals surface area contributed by atoms with Gasteiger partial charge < -0.3 is 14.6 Å². The van der Waals surface area contributed by atoms with Crippen molar-refractivity contribution < 1.29 is 9.53 Å². The molecule has 30 heavy (non-hydrogen) atoms. The number of hydrogen-bond donors (Lipinski definition) is 1. The fourth-order valence-corrected chi connectivity index (χ4v) is 5.04. The van der Waals surface area contributed by atoms with Crippen molar-refractivity contribution in [3.8, 4) is 5.69 Å². The lowest BCUT2D eigenvalue weighted by Gasteiger charge is -2.20. The van der Waals surface area contributed by atoms with Crippen molar-refractivity contribution in [2.75, 3.05) is 20.3 Å². The molecule has 4 rings (SSSR count). The molecule has 6 nitrogen and oxygen atoms in total. The van der Waals surface area contributed by atoms with E-state index in [0.717, 1.165) is 27.5 Å². The number of hydrogen-bond acceptors (Lipinski definition) is 5. The molecule has 0 fully saturated rings. The molecule has 3 heterocycles. The molecule has 1 amide bonds. The lowest BCUT2D eigenvalue weighted by atomic mass is 10.0. The van der Waals surface area contributed by atoms with Crippen LogP contribution in [0.3, 0.4) is 0 Å². The average Bonchev–Trinajstić information content (AvgIpc) is 2.92. The number of methoxy groups -OCH3 is 1. The molecule has 1 atom stereocenters. The van der Waals surface area contributed by atoms with E-state index in [1.807, 2.05) is 48.0 Å². The molecule has 2 aromatic heterocycles. The molecule has 0 saturated heterocycles. The zero-order valence-corrected chi connectivity index (χ0v) is 17.7. The van der Waals surface area contributed by atoms with Gasteiger partial charge in [0.1, 0.15) is 5.56 Å². The Balaban J connectivity index is 1.90.